The highest BCUT2D eigenvalue weighted by Crippen LogP contribution is 2.21. The average Bonchev–Trinajstić information content (AvgIpc) is 1.95. The third-order valence-corrected chi connectivity index (χ3v) is 2.15. The lowest BCUT2D eigenvalue weighted by Crippen LogP contribution is -1.82. The fourth-order valence-corrected chi connectivity index (χ4v) is 1.52. The molecule has 1 aromatic carbocycles. The lowest BCUT2D eigenvalue weighted by atomic mass is 10.2. The molecule has 0 aromatic heterocycles. The number of benzene rings is 1. The number of halogens is 2. The van der Waals surface area contributed by atoms with E-state index in [1.54, 1.807) is 0 Å². The summed E-state index contributed by atoms with van der Waals surface area (Å²) in [6, 6.07) is 5.69. The van der Waals surface area contributed by atoms with Crippen LogP contribution in [0.25, 0.3) is 0 Å². The van der Waals surface area contributed by atoms with Gasteiger partial charge in [0.25, 0.3) is 0 Å². The molecular weight excluding hydrogens is 223 g/mol. The van der Waals surface area contributed by atoms with Crippen LogP contribution >= 0.6 is 27.5 Å². The van der Waals surface area contributed by atoms with E-state index in [4.69, 9.17) is 18.0 Å². The van der Waals surface area contributed by atoms with Gasteiger partial charge in [-0.15, -0.1) is 12.3 Å². The molecule has 0 saturated carbocycles. The Morgan fingerprint density at radius 2 is 2.27 bits per heavy atom. The highest BCUT2D eigenvalue weighted by molar-refractivity contribution is 9.10. The average molecular weight is 230 g/mol. The first kappa shape index (κ1) is 8.64. The highest BCUT2D eigenvalue weighted by Gasteiger charge is 1.97. The first-order chi connectivity index (χ1) is 5.24. The van der Waals surface area contributed by atoms with E-state index in [0.29, 0.717) is 6.42 Å². The standard InChI is InChI=1S/C9H6BrCl/c1-2-3-7-4-5-8(10)6-9(7)11/h1,4-6H,3H2. The maximum Gasteiger partial charge on any atom is 0.0458 e. The smallest absolute Gasteiger partial charge is 0.0458 e. The zero-order valence-corrected chi connectivity index (χ0v) is 8.11. The van der Waals surface area contributed by atoms with Crippen molar-refractivity contribution < 1.29 is 0 Å². The molecule has 0 nitrogen and oxygen atoms in total. The van der Waals surface area contributed by atoms with E-state index < -0.39 is 0 Å². The van der Waals surface area contributed by atoms with Crippen LogP contribution in [0.1, 0.15) is 5.56 Å². The van der Waals surface area contributed by atoms with Crippen molar-refractivity contribution in [2.24, 2.45) is 0 Å². The Hall–Kier alpha value is -0.450. The Bertz CT molecular complexity index is 299. The molecule has 0 atom stereocenters. The first-order valence-electron chi connectivity index (χ1n) is 3.11. The number of rotatable bonds is 1. The van der Waals surface area contributed by atoms with Crippen molar-refractivity contribution in [3.63, 3.8) is 0 Å². The lowest BCUT2D eigenvalue weighted by Gasteiger charge is -1.98. The molecule has 11 heavy (non-hydrogen) atoms. The molecule has 0 bridgehead atoms. The van der Waals surface area contributed by atoms with Crippen molar-refractivity contribution >= 4 is 27.5 Å². The Morgan fingerprint density at radius 1 is 1.55 bits per heavy atom. The molecule has 0 radical (unpaired) electrons. The fraction of sp³-hybridized carbons (Fsp3) is 0.111. The second-order valence-corrected chi connectivity index (χ2v) is 3.44. The molecular formula is C9H6BrCl. The predicted molar refractivity (Wildman–Crippen MR) is 51.7 cm³/mol. The van der Waals surface area contributed by atoms with E-state index in [0.717, 1.165) is 15.1 Å². The van der Waals surface area contributed by atoms with Gasteiger partial charge >= 0.3 is 0 Å². The Morgan fingerprint density at radius 3 is 2.82 bits per heavy atom. The third-order valence-electron chi connectivity index (χ3n) is 1.31. The van der Waals surface area contributed by atoms with Gasteiger partial charge in [0.2, 0.25) is 0 Å². The highest BCUT2D eigenvalue weighted by atomic mass is 79.9. The first-order valence-corrected chi connectivity index (χ1v) is 4.28. The van der Waals surface area contributed by atoms with Gasteiger partial charge in [-0.25, -0.2) is 0 Å². The van der Waals surface area contributed by atoms with Gasteiger partial charge in [-0.05, 0) is 17.7 Å². The van der Waals surface area contributed by atoms with Gasteiger partial charge in [-0.2, -0.15) is 0 Å². The van der Waals surface area contributed by atoms with E-state index >= 15 is 0 Å². The Balaban J connectivity index is 3.01. The largest absolute Gasteiger partial charge is 0.120 e. The molecule has 0 fully saturated rings. The molecule has 2 heteroatoms. The Labute approximate surface area is 79.7 Å². The van der Waals surface area contributed by atoms with Gasteiger partial charge in [-0.1, -0.05) is 33.6 Å². The van der Waals surface area contributed by atoms with Crippen LogP contribution < -0.4 is 0 Å². The van der Waals surface area contributed by atoms with E-state index in [-0.39, 0.29) is 0 Å². The molecule has 0 unspecified atom stereocenters. The number of hydrogen-bond donors (Lipinski definition) is 0. The molecule has 0 aliphatic rings. The zero-order chi connectivity index (χ0) is 8.27. The topological polar surface area (TPSA) is 0 Å². The maximum atomic E-state index is 5.88. The van der Waals surface area contributed by atoms with Crippen LogP contribution in [-0.4, -0.2) is 0 Å². The van der Waals surface area contributed by atoms with Crippen molar-refractivity contribution in [3.8, 4) is 12.3 Å². The fourth-order valence-electron chi connectivity index (χ4n) is 0.775. The molecule has 0 N–H and O–H groups in total. The third kappa shape index (κ3) is 2.25. The molecule has 1 rings (SSSR count). The summed E-state index contributed by atoms with van der Waals surface area (Å²) in [6.45, 7) is 0. The summed E-state index contributed by atoms with van der Waals surface area (Å²) in [5.41, 5.74) is 0.998. The molecule has 0 aliphatic carbocycles. The van der Waals surface area contributed by atoms with Gasteiger partial charge in [0, 0.05) is 15.9 Å². The molecule has 0 spiro atoms. The van der Waals surface area contributed by atoms with Crippen LogP contribution in [-0.2, 0) is 6.42 Å². The normalized spacial score (nSPS) is 9.18. The van der Waals surface area contributed by atoms with E-state index in [2.05, 4.69) is 21.9 Å². The molecule has 56 valence electrons. The Kier molecular flexibility index (Phi) is 2.99. The van der Waals surface area contributed by atoms with E-state index in [1.807, 2.05) is 18.2 Å². The van der Waals surface area contributed by atoms with Crippen molar-refractivity contribution in [1.82, 2.24) is 0 Å². The lowest BCUT2D eigenvalue weighted by molar-refractivity contribution is 1.32. The number of hydrogen-bond acceptors (Lipinski definition) is 0. The van der Waals surface area contributed by atoms with Crippen LogP contribution in [0, 0.1) is 12.3 Å². The SMILES string of the molecule is C#CCc1ccc(Br)cc1Cl. The van der Waals surface area contributed by atoms with Gasteiger partial charge in [0.15, 0.2) is 0 Å². The summed E-state index contributed by atoms with van der Waals surface area (Å²) in [6.07, 6.45) is 5.74. The van der Waals surface area contributed by atoms with Gasteiger partial charge in [0.05, 0.1) is 0 Å². The molecule has 0 aliphatic heterocycles. The van der Waals surface area contributed by atoms with Crippen LogP contribution in [0.2, 0.25) is 5.02 Å². The van der Waals surface area contributed by atoms with E-state index in [1.165, 1.54) is 0 Å². The van der Waals surface area contributed by atoms with Crippen LogP contribution in [0.15, 0.2) is 22.7 Å². The minimum absolute atomic E-state index is 0.589. The minimum Gasteiger partial charge on any atom is -0.120 e. The number of terminal acetylenes is 1. The van der Waals surface area contributed by atoms with Crippen LogP contribution in [0.5, 0.6) is 0 Å². The molecule has 0 amide bonds. The minimum atomic E-state index is 0.589. The van der Waals surface area contributed by atoms with Crippen molar-refractivity contribution in [1.29, 1.82) is 0 Å². The maximum absolute atomic E-state index is 5.88. The van der Waals surface area contributed by atoms with Gasteiger partial charge in [0.1, 0.15) is 0 Å². The van der Waals surface area contributed by atoms with Crippen LogP contribution in [0.3, 0.4) is 0 Å². The summed E-state index contributed by atoms with van der Waals surface area (Å²) < 4.78 is 0.975. The molecule has 0 saturated heterocycles. The summed E-state index contributed by atoms with van der Waals surface area (Å²) in [7, 11) is 0. The zero-order valence-electron chi connectivity index (χ0n) is 5.77. The molecule has 0 heterocycles. The summed E-state index contributed by atoms with van der Waals surface area (Å²) in [4.78, 5) is 0. The van der Waals surface area contributed by atoms with Crippen molar-refractivity contribution in [2.45, 2.75) is 6.42 Å². The van der Waals surface area contributed by atoms with E-state index in [9.17, 15) is 0 Å². The van der Waals surface area contributed by atoms with Crippen molar-refractivity contribution in [3.05, 3.63) is 33.3 Å². The molecule has 1 aromatic rings. The predicted octanol–water partition coefficient (Wildman–Crippen LogP) is 3.28. The second-order valence-electron chi connectivity index (χ2n) is 2.12. The van der Waals surface area contributed by atoms with Crippen molar-refractivity contribution in [2.75, 3.05) is 0 Å². The van der Waals surface area contributed by atoms with Gasteiger partial charge in [-0.3, -0.25) is 0 Å². The monoisotopic (exact) mass is 228 g/mol. The quantitative estimate of drug-likeness (QED) is 0.648. The second kappa shape index (κ2) is 3.80. The summed E-state index contributed by atoms with van der Waals surface area (Å²) >= 11 is 9.19. The van der Waals surface area contributed by atoms with Gasteiger partial charge < -0.3 is 0 Å². The van der Waals surface area contributed by atoms with Crippen LogP contribution in [0.4, 0.5) is 0 Å². The summed E-state index contributed by atoms with van der Waals surface area (Å²) in [5, 5.41) is 0.720. The summed E-state index contributed by atoms with van der Waals surface area (Å²) in [5.74, 6) is 2.54.